The van der Waals surface area contributed by atoms with Crippen LogP contribution >= 0.6 is 0 Å². The second-order valence-electron chi connectivity index (χ2n) is 4.90. The normalized spacial score (nSPS) is 21.9. The van der Waals surface area contributed by atoms with Gasteiger partial charge in [0.05, 0.1) is 26.4 Å². The fraction of sp³-hybridized carbons (Fsp3) is 0.571. The molecule has 2 rings (SSSR count). The van der Waals surface area contributed by atoms with Gasteiger partial charge in [0.1, 0.15) is 23.1 Å². The molecule has 1 amide bonds. The molecule has 21 heavy (non-hydrogen) atoms. The first-order chi connectivity index (χ1) is 10.0. The average molecular weight is 296 g/mol. The van der Waals surface area contributed by atoms with E-state index in [4.69, 9.17) is 9.15 Å². The van der Waals surface area contributed by atoms with E-state index >= 15 is 0 Å². The summed E-state index contributed by atoms with van der Waals surface area (Å²) in [7, 11) is 1.31. The van der Waals surface area contributed by atoms with E-state index in [1.54, 1.807) is 13.0 Å². The number of furan rings is 1. The second kappa shape index (κ2) is 6.73. The molecule has 1 saturated heterocycles. The summed E-state index contributed by atoms with van der Waals surface area (Å²) in [5.41, 5.74) is 0.370. The van der Waals surface area contributed by atoms with Crippen molar-refractivity contribution in [1.82, 2.24) is 10.6 Å². The van der Waals surface area contributed by atoms with Gasteiger partial charge in [0.2, 0.25) is 5.91 Å². The zero-order valence-electron chi connectivity index (χ0n) is 12.4. The predicted molar refractivity (Wildman–Crippen MR) is 73.8 cm³/mol. The molecule has 0 radical (unpaired) electrons. The highest BCUT2D eigenvalue weighted by molar-refractivity contribution is 5.90. The number of rotatable bonds is 4. The lowest BCUT2D eigenvalue weighted by molar-refractivity contribution is -0.129. The number of aryl methyl sites for hydroxylation is 1. The number of carbonyl (C=O) groups is 2. The summed E-state index contributed by atoms with van der Waals surface area (Å²) in [4.78, 5) is 23.6. The number of nitrogens with one attached hydrogen (secondary N) is 2. The number of hydrogen-bond acceptors (Lipinski definition) is 6. The molecule has 0 bridgehead atoms. The molecule has 1 fully saturated rings. The van der Waals surface area contributed by atoms with Gasteiger partial charge in [-0.3, -0.25) is 4.79 Å². The van der Waals surface area contributed by atoms with Crippen LogP contribution in [-0.2, 0) is 20.8 Å². The third-order valence-corrected chi connectivity index (χ3v) is 3.41. The van der Waals surface area contributed by atoms with Crippen LogP contribution < -0.4 is 10.6 Å². The summed E-state index contributed by atoms with van der Waals surface area (Å²) in [5.74, 6) is 0.366. The van der Waals surface area contributed by atoms with Crippen LogP contribution in [0, 0.1) is 6.92 Å². The van der Waals surface area contributed by atoms with Crippen molar-refractivity contribution in [2.24, 2.45) is 0 Å². The summed E-state index contributed by atoms with van der Waals surface area (Å²) in [6.45, 7) is 4.99. The Morgan fingerprint density at radius 1 is 1.52 bits per heavy atom. The molecule has 1 aliphatic heterocycles. The molecule has 2 heterocycles. The van der Waals surface area contributed by atoms with Gasteiger partial charge in [0.15, 0.2) is 0 Å². The highest BCUT2D eigenvalue weighted by Crippen LogP contribution is 2.15. The van der Waals surface area contributed by atoms with Crippen molar-refractivity contribution in [3.63, 3.8) is 0 Å². The smallest absolute Gasteiger partial charge is 0.341 e. The molecule has 0 spiro atoms. The van der Waals surface area contributed by atoms with Crippen LogP contribution in [0.2, 0.25) is 0 Å². The molecule has 0 aliphatic carbocycles. The summed E-state index contributed by atoms with van der Waals surface area (Å²) in [6, 6.07) is 1.20. The Labute approximate surface area is 123 Å². The third kappa shape index (κ3) is 3.62. The van der Waals surface area contributed by atoms with Gasteiger partial charge in [-0.15, -0.1) is 0 Å². The van der Waals surface area contributed by atoms with Gasteiger partial charge < -0.3 is 24.5 Å². The van der Waals surface area contributed by atoms with Gasteiger partial charge in [-0.1, -0.05) is 0 Å². The van der Waals surface area contributed by atoms with Gasteiger partial charge in [0.25, 0.3) is 0 Å². The van der Waals surface area contributed by atoms with Crippen molar-refractivity contribution >= 4 is 11.9 Å². The fourth-order valence-corrected chi connectivity index (χ4v) is 2.25. The number of hydrogen-bond donors (Lipinski definition) is 2. The van der Waals surface area contributed by atoms with Crippen LogP contribution in [0.1, 0.15) is 28.8 Å². The maximum atomic E-state index is 12.1. The molecule has 0 saturated carbocycles. The largest absolute Gasteiger partial charge is 0.465 e. The Morgan fingerprint density at radius 2 is 2.29 bits per heavy atom. The number of ether oxygens (including phenoxy) is 2. The lowest BCUT2D eigenvalue weighted by Gasteiger charge is -2.29. The van der Waals surface area contributed by atoms with Gasteiger partial charge in [-0.05, 0) is 19.9 Å². The van der Waals surface area contributed by atoms with E-state index < -0.39 is 5.97 Å². The molecule has 2 N–H and O–H groups in total. The molecular formula is C14H20N2O5. The van der Waals surface area contributed by atoms with Crippen LogP contribution in [0.3, 0.4) is 0 Å². The molecule has 1 aromatic rings. The summed E-state index contributed by atoms with van der Waals surface area (Å²) >= 11 is 0. The van der Waals surface area contributed by atoms with Crippen molar-refractivity contribution in [3.8, 4) is 0 Å². The quantitative estimate of drug-likeness (QED) is 0.780. The first kappa shape index (κ1) is 15.5. The molecular weight excluding hydrogens is 276 g/mol. The first-order valence-electron chi connectivity index (χ1n) is 6.83. The minimum Gasteiger partial charge on any atom is -0.465 e. The van der Waals surface area contributed by atoms with Crippen molar-refractivity contribution in [2.75, 3.05) is 20.3 Å². The molecule has 1 aliphatic rings. The van der Waals surface area contributed by atoms with Crippen LogP contribution in [0.4, 0.5) is 0 Å². The minimum atomic E-state index is -0.454. The summed E-state index contributed by atoms with van der Waals surface area (Å²) in [5, 5.41) is 5.88. The number of morpholine rings is 1. The van der Waals surface area contributed by atoms with Crippen LogP contribution in [-0.4, -0.2) is 44.3 Å². The number of methoxy groups -OCH3 is 1. The monoisotopic (exact) mass is 296 g/mol. The standard InChI is InChI=1S/C14H20N2O5/c1-8-11(14(18)19-3)6-10(21-8)7-16-13(17)12-9(2)20-5-4-15-12/h6,9,12,15H,4-5,7H2,1-3H3,(H,16,17)/t9-,12+/m1/s1. The first-order valence-corrected chi connectivity index (χ1v) is 6.83. The Kier molecular flexibility index (Phi) is 4.98. The Bertz CT molecular complexity index is 525. The third-order valence-electron chi connectivity index (χ3n) is 3.41. The maximum absolute atomic E-state index is 12.1. The molecule has 2 atom stereocenters. The Hall–Kier alpha value is -1.86. The zero-order chi connectivity index (χ0) is 15.4. The molecule has 0 unspecified atom stereocenters. The molecule has 7 nitrogen and oxygen atoms in total. The van der Waals surface area contributed by atoms with Gasteiger partial charge in [-0.25, -0.2) is 4.79 Å². The van der Waals surface area contributed by atoms with E-state index in [9.17, 15) is 9.59 Å². The lowest BCUT2D eigenvalue weighted by atomic mass is 10.1. The fourth-order valence-electron chi connectivity index (χ4n) is 2.25. The highest BCUT2D eigenvalue weighted by atomic mass is 16.5. The van der Waals surface area contributed by atoms with E-state index in [2.05, 4.69) is 15.4 Å². The second-order valence-corrected chi connectivity index (χ2v) is 4.90. The van der Waals surface area contributed by atoms with Gasteiger partial charge in [-0.2, -0.15) is 0 Å². The van der Waals surface area contributed by atoms with Crippen molar-refractivity contribution in [3.05, 3.63) is 23.2 Å². The van der Waals surface area contributed by atoms with E-state index in [-0.39, 0.29) is 24.6 Å². The van der Waals surface area contributed by atoms with Crippen molar-refractivity contribution in [1.29, 1.82) is 0 Å². The van der Waals surface area contributed by atoms with E-state index in [0.717, 1.165) is 0 Å². The Balaban J connectivity index is 1.93. The average Bonchev–Trinajstić information content (AvgIpc) is 2.85. The molecule has 7 heteroatoms. The molecule has 116 valence electrons. The number of carbonyl (C=O) groups excluding carboxylic acids is 2. The van der Waals surface area contributed by atoms with Crippen molar-refractivity contribution < 1.29 is 23.5 Å². The molecule has 1 aromatic heterocycles. The zero-order valence-corrected chi connectivity index (χ0v) is 12.4. The van der Waals surface area contributed by atoms with Crippen LogP contribution in [0.25, 0.3) is 0 Å². The SMILES string of the molecule is COC(=O)c1cc(CNC(=O)[C@H]2NCCO[C@@H]2C)oc1C. The van der Waals surface area contributed by atoms with E-state index in [1.807, 2.05) is 6.92 Å². The maximum Gasteiger partial charge on any atom is 0.341 e. The number of amides is 1. The summed E-state index contributed by atoms with van der Waals surface area (Å²) in [6.07, 6.45) is -0.178. The van der Waals surface area contributed by atoms with Gasteiger partial charge in [0, 0.05) is 6.54 Å². The van der Waals surface area contributed by atoms with Crippen LogP contribution in [0.15, 0.2) is 10.5 Å². The van der Waals surface area contributed by atoms with Crippen LogP contribution in [0.5, 0.6) is 0 Å². The summed E-state index contributed by atoms with van der Waals surface area (Å²) < 4.78 is 15.5. The van der Waals surface area contributed by atoms with E-state index in [0.29, 0.717) is 30.2 Å². The Morgan fingerprint density at radius 3 is 2.95 bits per heavy atom. The topological polar surface area (TPSA) is 89.8 Å². The minimum absolute atomic E-state index is 0.157. The highest BCUT2D eigenvalue weighted by Gasteiger charge is 2.28. The van der Waals surface area contributed by atoms with Gasteiger partial charge >= 0.3 is 5.97 Å². The predicted octanol–water partition coefficient (Wildman–Crippen LogP) is 0.368. The lowest BCUT2D eigenvalue weighted by Crippen LogP contribution is -2.55. The molecule has 0 aromatic carbocycles. The van der Waals surface area contributed by atoms with Crippen molar-refractivity contribution in [2.45, 2.75) is 32.5 Å². The van der Waals surface area contributed by atoms with E-state index in [1.165, 1.54) is 7.11 Å². The number of esters is 1.